The lowest BCUT2D eigenvalue weighted by molar-refractivity contribution is -0.127. The molecular formula is C29H28N6O2. The number of benzene rings is 3. The molecule has 1 aliphatic rings. The first-order chi connectivity index (χ1) is 18.0. The zero-order valence-corrected chi connectivity index (χ0v) is 20.4. The van der Waals surface area contributed by atoms with Crippen LogP contribution in [0.25, 0.3) is 10.9 Å². The Morgan fingerprint density at radius 3 is 2.62 bits per heavy atom. The molecule has 8 nitrogen and oxygen atoms in total. The molecule has 3 aromatic carbocycles. The van der Waals surface area contributed by atoms with Gasteiger partial charge in [0.25, 0.3) is 0 Å². The van der Waals surface area contributed by atoms with E-state index in [-0.39, 0.29) is 11.9 Å². The number of ether oxygens (including phenoxy) is 1. The second-order valence-electron chi connectivity index (χ2n) is 8.96. The fourth-order valence-electron chi connectivity index (χ4n) is 4.56. The molecule has 8 heteroatoms. The minimum Gasteiger partial charge on any atom is -0.457 e. The topological polar surface area (TPSA) is 117 Å². The maximum Gasteiger partial charge on any atom is 0.246 e. The average molecular weight is 493 g/mol. The highest BCUT2D eigenvalue weighted by Gasteiger charge is 2.24. The highest BCUT2D eigenvalue weighted by Crippen LogP contribution is 2.30. The lowest BCUT2D eigenvalue weighted by Crippen LogP contribution is -2.44. The number of rotatable bonds is 7. The number of hydrogen-bond donors (Lipinski definition) is 3. The zero-order valence-electron chi connectivity index (χ0n) is 20.4. The average Bonchev–Trinajstić information content (AvgIpc) is 2.93. The summed E-state index contributed by atoms with van der Waals surface area (Å²) >= 11 is 0. The minimum atomic E-state index is -0.0729. The number of nitrogens with one attached hydrogen (secondary N) is 2. The number of para-hydroxylation sites is 1. The Hall–Kier alpha value is -4.72. The number of carbonyl (C=O) groups is 1. The summed E-state index contributed by atoms with van der Waals surface area (Å²) in [5, 5.41) is 13.3. The van der Waals surface area contributed by atoms with Gasteiger partial charge in [0, 0.05) is 41.3 Å². The van der Waals surface area contributed by atoms with Crippen LogP contribution in [0.15, 0.2) is 85.7 Å². The van der Waals surface area contributed by atoms with Crippen LogP contribution in [0.1, 0.15) is 24.0 Å². The van der Waals surface area contributed by atoms with Crippen molar-refractivity contribution >= 4 is 34.0 Å². The summed E-state index contributed by atoms with van der Waals surface area (Å²) in [6.07, 6.45) is 4.58. The van der Waals surface area contributed by atoms with E-state index < -0.39 is 0 Å². The Balaban J connectivity index is 1.45. The third-order valence-corrected chi connectivity index (χ3v) is 6.46. The van der Waals surface area contributed by atoms with Crippen molar-refractivity contribution in [2.75, 3.05) is 24.1 Å². The summed E-state index contributed by atoms with van der Waals surface area (Å²) < 4.78 is 5.90. The van der Waals surface area contributed by atoms with Gasteiger partial charge in [0.05, 0.1) is 11.2 Å². The van der Waals surface area contributed by atoms with Gasteiger partial charge in [-0.2, -0.15) is 0 Å². The normalized spacial score (nSPS) is 15.2. The Bertz CT molecular complexity index is 1450. The molecule has 0 spiro atoms. The van der Waals surface area contributed by atoms with Crippen LogP contribution in [-0.4, -0.2) is 45.6 Å². The number of fused-ring (bicyclic) bond motifs is 1. The van der Waals surface area contributed by atoms with Crippen LogP contribution in [0, 0.1) is 5.41 Å². The van der Waals surface area contributed by atoms with Gasteiger partial charge in [-0.3, -0.25) is 10.2 Å². The number of nitrogen functional groups attached to an aromatic ring is 1. The van der Waals surface area contributed by atoms with Crippen molar-refractivity contribution in [3.8, 4) is 11.5 Å². The number of piperidine rings is 1. The molecule has 1 amide bonds. The number of amides is 1. The van der Waals surface area contributed by atoms with Gasteiger partial charge in [-0.15, -0.1) is 0 Å². The van der Waals surface area contributed by atoms with E-state index in [4.69, 9.17) is 15.9 Å². The Morgan fingerprint density at radius 2 is 1.86 bits per heavy atom. The maximum atomic E-state index is 12.2. The van der Waals surface area contributed by atoms with Crippen LogP contribution in [-0.2, 0) is 4.79 Å². The SMILES string of the molecule is C=CC(=O)N1CCCC(Nc2cc3ncnc(N)c3cc2C(=N)c2ccc(Oc3ccccc3)cc2)C1. The molecule has 0 saturated carbocycles. The highest BCUT2D eigenvalue weighted by atomic mass is 16.5. The molecular weight excluding hydrogens is 464 g/mol. The van der Waals surface area contributed by atoms with Crippen LogP contribution >= 0.6 is 0 Å². The van der Waals surface area contributed by atoms with Crippen LogP contribution in [0.4, 0.5) is 11.5 Å². The van der Waals surface area contributed by atoms with Gasteiger partial charge < -0.3 is 20.7 Å². The molecule has 1 aliphatic heterocycles. The number of hydrogen-bond acceptors (Lipinski definition) is 7. The Labute approximate surface area is 215 Å². The van der Waals surface area contributed by atoms with Gasteiger partial charge in [0.2, 0.25) is 5.91 Å². The van der Waals surface area contributed by atoms with Crippen molar-refractivity contribution in [3.63, 3.8) is 0 Å². The molecule has 186 valence electrons. The van der Waals surface area contributed by atoms with Gasteiger partial charge in [-0.05, 0) is 67.4 Å². The van der Waals surface area contributed by atoms with Crippen LogP contribution in [0.5, 0.6) is 11.5 Å². The molecule has 0 bridgehead atoms. The van der Waals surface area contributed by atoms with E-state index in [0.29, 0.717) is 46.8 Å². The largest absolute Gasteiger partial charge is 0.457 e. The number of aromatic nitrogens is 2. The maximum absolute atomic E-state index is 12.2. The molecule has 4 N–H and O–H groups in total. The van der Waals surface area contributed by atoms with Crippen molar-refractivity contribution in [1.82, 2.24) is 14.9 Å². The van der Waals surface area contributed by atoms with E-state index in [1.165, 1.54) is 12.4 Å². The summed E-state index contributed by atoms with van der Waals surface area (Å²) in [7, 11) is 0. The van der Waals surface area contributed by atoms with E-state index in [1.54, 1.807) is 4.90 Å². The van der Waals surface area contributed by atoms with Gasteiger partial charge in [0.15, 0.2) is 0 Å². The molecule has 4 aromatic rings. The van der Waals surface area contributed by atoms with E-state index in [9.17, 15) is 4.79 Å². The number of likely N-dealkylation sites (tertiary alicyclic amines) is 1. The van der Waals surface area contributed by atoms with Crippen molar-refractivity contribution in [2.45, 2.75) is 18.9 Å². The zero-order chi connectivity index (χ0) is 25.8. The molecule has 1 unspecified atom stereocenters. The molecule has 2 heterocycles. The summed E-state index contributed by atoms with van der Waals surface area (Å²) in [4.78, 5) is 22.5. The summed E-state index contributed by atoms with van der Waals surface area (Å²) in [6.45, 7) is 4.89. The summed E-state index contributed by atoms with van der Waals surface area (Å²) in [5.74, 6) is 1.72. The van der Waals surface area contributed by atoms with Crippen molar-refractivity contribution in [2.24, 2.45) is 0 Å². The number of anilines is 2. The van der Waals surface area contributed by atoms with Crippen LogP contribution < -0.4 is 15.8 Å². The van der Waals surface area contributed by atoms with Crippen LogP contribution in [0.3, 0.4) is 0 Å². The lowest BCUT2D eigenvalue weighted by atomic mass is 9.97. The highest BCUT2D eigenvalue weighted by molar-refractivity contribution is 6.16. The molecule has 37 heavy (non-hydrogen) atoms. The predicted molar refractivity (Wildman–Crippen MR) is 146 cm³/mol. The number of nitrogens with two attached hydrogens (primary N) is 1. The van der Waals surface area contributed by atoms with E-state index in [0.717, 1.165) is 29.8 Å². The first-order valence-electron chi connectivity index (χ1n) is 12.2. The Kier molecular flexibility index (Phi) is 6.81. The van der Waals surface area contributed by atoms with Crippen molar-refractivity contribution in [3.05, 3.63) is 96.8 Å². The van der Waals surface area contributed by atoms with E-state index in [1.807, 2.05) is 66.7 Å². The molecule has 1 saturated heterocycles. The van der Waals surface area contributed by atoms with Gasteiger partial charge in [0.1, 0.15) is 23.6 Å². The summed E-state index contributed by atoms with van der Waals surface area (Å²) in [6, 6.07) is 20.8. The van der Waals surface area contributed by atoms with Gasteiger partial charge in [-0.25, -0.2) is 9.97 Å². The number of carbonyl (C=O) groups excluding carboxylic acids is 1. The molecule has 0 aliphatic carbocycles. The molecule has 0 radical (unpaired) electrons. The molecule has 1 fully saturated rings. The number of nitrogens with zero attached hydrogens (tertiary/aromatic N) is 3. The third-order valence-electron chi connectivity index (χ3n) is 6.46. The second kappa shape index (κ2) is 10.5. The van der Waals surface area contributed by atoms with Crippen molar-refractivity contribution < 1.29 is 9.53 Å². The van der Waals surface area contributed by atoms with Gasteiger partial charge >= 0.3 is 0 Å². The smallest absolute Gasteiger partial charge is 0.246 e. The van der Waals surface area contributed by atoms with Crippen molar-refractivity contribution in [1.29, 1.82) is 5.41 Å². The van der Waals surface area contributed by atoms with E-state index >= 15 is 0 Å². The third kappa shape index (κ3) is 5.28. The standard InChI is InChI=1S/C29H28N6O2/c1-2-27(36)35-14-6-7-20(17-35)34-26-16-25-24(29(31)33-18-32-25)15-23(26)28(30)19-10-12-22(13-11-19)37-21-8-4-3-5-9-21/h2-5,8-13,15-16,18,20,30,34H,1,6-7,14,17H2,(H2,31,32,33). The predicted octanol–water partition coefficient (Wildman–Crippen LogP) is 5.01. The summed E-state index contributed by atoms with van der Waals surface area (Å²) in [5.41, 5.74) is 9.33. The minimum absolute atomic E-state index is 0.0301. The second-order valence-corrected chi connectivity index (χ2v) is 8.96. The quantitative estimate of drug-likeness (QED) is 0.247. The molecule has 1 aromatic heterocycles. The Morgan fingerprint density at radius 1 is 1.11 bits per heavy atom. The van der Waals surface area contributed by atoms with Gasteiger partial charge in [-0.1, -0.05) is 24.8 Å². The lowest BCUT2D eigenvalue weighted by Gasteiger charge is -2.33. The first kappa shape index (κ1) is 24.0. The fourth-order valence-corrected chi connectivity index (χ4v) is 4.56. The van der Waals surface area contributed by atoms with E-state index in [2.05, 4.69) is 21.9 Å². The molecule has 1 atom stereocenters. The first-order valence-corrected chi connectivity index (χ1v) is 12.2. The van der Waals surface area contributed by atoms with Crippen LogP contribution in [0.2, 0.25) is 0 Å². The monoisotopic (exact) mass is 492 g/mol. The fraction of sp³-hybridized carbons (Fsp3) is 0.172. The molecule has 5 rings (SSSR count).